The van der Waals surface area contributed by atoms with Crippen molar-refractivity contribution >= 4 is 17.9 Å². The second kappa shape index (κ2) is 5.66. The number of rotatable bonds is 3. The monoisotopic (exact) mass is 300 g/mol. The van der Waals surface area contributed by atoms with Crippen LogP contribution in [0.5, 0.6) is 0 Å². The first-order chi connectivity index (χ1) is 9.37. The van der Waals surface area contributed by atoms with Gasteiger partial charge < -0.3 is 14.2 Å². The Morgan fingerprint density at radius 1 is 0.714 bits per heavy atom. The highest BCUT2D eigenvalue weighted by atomic mass is 16.7. The van der Waals surface area contributed by atoms with Gasteiger partial charge in [0.1, 0.15) is 5.60 Å². The molecule has 1 aliphatic carbocycles. The molecule has 1 fully saturated rings. The molecule has 0 spiro atoms. The third-order valence-electron chi connectivity index (χ3n) is 3.29. The lowest BCUT2D eigenvalue weighted by Gasteiger charge is -2.50. The lowest BCUT2D eigenvalue weighted by molar-refractivity contribution is -0.270. The van der Waals surface area contributed by atoms with E-state index in [1.807, 2.05) is 13.8 Å². The largest absolute Gasteiger partial charge is 0.459 e. The molecule has 120 valence electrons. The molecular formula is C15H24O6. The molecule has 0 radical (unpaired) electrons. The fraction of sp³-hybridized carbons (Fsp3) is 0.800. The maximum atomic E-state index is 11.4. The van der Waals surface area contributed by atoms with Gasteiger partial charge in [-0.2, -0.15) is 0 Å². The Labute approximate surface area is 125 Å². The number of ether oxygens (including phenoxy) is 3. The van der Waals surface area contributed by atoms with Gasteiger partial charge in [-0.25, -0.2) is 0 Å². The molecule has 0 saturated heterocycles. The predicted octanol–water partition coefficient (Wildman–Crippen LogP) is 2.34. The van der Waals surface area contributed by atoms with Gasteiger partial charge in [0.2, 0.25) is 0 Å². The molecule has 6 heteroatoms. The van der Waals surface area contributed by atoms with Crippen LogP contribution in [0.1, 0.15) is 60.8 Å². The molecule has 1 unspecified atom stereocenters. The molecule has 0 bridgehead atoms. The van der Waals surface area contributed by atoms with E-state index in [1.54, 1.807) is 6.92 Å². The SMILES string of the molecule is CC(=O)OC1(C)CC(C)(C)CC(OC(C)=O)(OC(C)=O)C1. The third kappa shape index (κ3) is 5.02. The van der Waals surface area contributed by atoms with Gasteiger partial charge in [-0.15, -0.1) is 0 Å². The highest BCUT2D eigenvalue weighted by Gasteiger charge is 2.55. The Morgan fingerprint density at radius 2 is 1.14 bits per heavy atom. The molecule has 0 aromatic heterocycles. The summed E-state index contributed by atoms with van der Waals surface area (Å²) in [6.07, 6.45) is 1.07. The van der Waals surface area contributed by atoms with Crippen molar-refractivity contribution < 1.29 is 28.6 Å². The first kappa shape index (κ1) is 17.5. The minimum absolute atomic E-state index is 0.127. The second-order valence-electron chi connectivity index (χ2n) is 6.84. The quantitative estimate of drug-likeness (QED) is 0.588. The molecule has 0 aliphatic heterocycles. The van der Waals surface area contributed by atoms with Crippen molar-refractivity contribution in [3.63, 3.8) is 0 Å². The average Bonchev–Trinajstić information content (AvgIpc) is 2.05. The zero-order valence-corrected chi connectivity index (χ0v) is 13.6. The van der Waals surface area contributed by atoms with Gasteiger partial charge in [-0.1, -0.05) is 13.8 Å². The van der Waals surface area contributed by atoms with Crippen molar-refractivity contribution in [3.8, 4) is 0 Å². The summed E-state index contributed by atoms with van der Waals surface area (Å²) < 4.78 is 16.1. The van der Waals surface area contributed by atoms with Crippen LogP contribution in [-0.4, -0.2) is 29.3 Å². The van der Waals surface area contributed by atoms with Gasteiger partial charge in [0, 0.05) is 27.2 Å². The molecule has 0 N–H and O–H groups in total. The summed E-state index contributed by atoms with van der Waals surface area (Å²) in [7, 11) is 0. The highest BCUT2D eigenvalue weighted by Crippen LogP contribution is 2.49. The maximum absolute atomic E-state index is 11.4. The lowest BCUT2D eigenvalue weighted by atomic mass is 9.67. The Bertz CT molecular complexity index is 437. The molecule has 1 atom stereocenters. The molecule has 0 heterocycles. The molecule has 0 amide bonds. The minimum Gasteiger partial charge on any atom is -0.459 e. The van der Waals surface area contributed by atoms with E-state index in [-0.39, 0.29) is 11.8 Å². The summed E-state index contributed by atoms with van der Waals surface area (Å²) in [5, 5.41) is 0. The van der Waals surface area contributed by atoms with Crippen LogP contribution < -0.4 is 0 Å². The number of carbonyl (C=O) groups excluding carboxylic acids is 3. The number of esters is 3. The van der Waals surface area contributed by atoms with Crippen molar-refractivity contribution in [3.05, 3.63) is 0 Å². The van der Waals surface area contributed by atoms with E-state index >= 15 is 0 Å². The smallest absolute Gasteiger partial charge is 0.305 e. The predicted molar refractivity (Wildman–Crippen MR) is 74.1 cm³/mol. The standard InChI is InChI=1S/C15H24O6/c1-10(16)19-14(6)7-13(4,5)8-15(9-14,20-11(2)17)21-12(3)18/h7-9H2,1-6H3. The molecule has 21 heavy (non-hydrogen) atoms. The van der Waals surface area contributed by atoms with Crippen molar-refractivity contribution in [2.45, 2.75) is 72.2 Å². The van der Waals surface area contributed by atoms with Crippen LogP contribution in [0.25, 0.3) is 0 Å². The first-order valence-electron chi connectivity index (χ1n) is 6.96. The second-order valence-corrected chi connectivity index (χ2v) is 6.84. The van der Waals surface area contributed by atoms with E-state index in [0.29, 0.717) is 12.8 Å². The van der Waals surface area contributed by atoms with Crippen molar-refractivity contribution in [1.82, 2.24) is 0 Å². The summed E-state index contributed by atoms with van der Waals surface area (Å²) in [6.45, 7) is 9.51. The van der Waals surface area contributed by atoms with E-state index in [0.717, 1.165) is 0 Å². The van der Waals surface area contributed by atoms with Crippen LogP contribution in [-0.2, 0) is 28.6 Å². The maximum Gasteiger partial charge on any atom is 0.305 e. The van der Waals surface area contributed by atoms with Gasteiger partial charge in [-0.3, -0.25) is 14.4 Å². The summed E-state index contributed by atoms with van der Waals surface area (Å²) in [5.41, 5.74) is -1.19. The number of hydrogen-bond donors (Lipinski definition) is 0. The van der Waals surface area contributed by atoms with Crippen LogP contribution in [0.4, 0.5) is 0 Å². The molecule has 0 aromatic carbocycles. The molecule has 1 saturated carbocycles. The van der Waals surface area contributed by atoms with Crippen molar-refractivity contribution in [2.24, 2.45) is 5.41 Å². The Balaban J connectivity index is 3.18. The Hall–Kier alpha value is -1.59. The van der Waals surface area contributed by atoms with Gasteiger partial charge in [0.05, 0.1) is 6.42 Å². The first-order valence-corrected chi connectivity index (χ1v) is 6.96. The van der Waals surface area contributed by atoms with E-state index in [9.17, 15) is 14.4 Å². The summed E-state index contributed by atoms with van der Waals surface area (Å²) in [4.78, 5) is 34.2. The van der Waals surface area contributed by atoms with E-state index in [2.05, 4.69) is 0 Å². The lowest BCUT2D eigenvalue weighted by Crippen LogP contribution is -2.55. The van der Waals surface area contributed by atoms with Gasteiger partial charge in [-0.05, 0) is 18.8 Å². The van der Waals surface area contributed by atoms with Gasteiger partial charge >= 0.3 is 17.9 Å². The summed E-state index contributed by atoms with van der Waals surface area (Å²) in [6, 6.07) is 0. The van der Waals surface area contributed by atoms with Crippen LogP contribution in [0.3, 0.4) is 0 Å². The molecule has 1 aliphatic rings. The van der Waals surface area contributed by atoms with Crippen LogP contribution in [0, 0.1) is 5.41 Å². The van der Waals surface area contributed by atoms with Crippen molar-refractivity contribution in [2.75, 3.05) is 0 Å². The zero-order chi connectivity index (χ0) is 16.5. The zero-order valence-electron chi connectivity index (χ0n) is 13.6. The topological polar surface area (TPSA) is 78.9 Å². The van der Waals surface area contributed by atoms with E-state index in [4.69, 9.17) is 14.2 Å². The fourth-order valence-corrected chi connectivity index (χ4v) is 3.61. The fourth-order valence-electron chi connectivity index (χ4n) is 3.61. The Kier molecular flexibility index (Phi) is 4.70. The molecule has 6 nitrogen and oxygen atoms in total. The average molecular weight is 300 g/mol. The van der Waals surface area contributed by atoms with Crippen LogP contribution in [0.2, 0.25) is 0 Å². The number of carbonyl (C=O) groups is 3. The molecule has 0 aromatic rings. The normalized spacial score (nSPS) is 26.6. The third-order valence-corrected chi connectivity index (χ3v) is 3.29. The van der Waals surface area contributed by atoms with Gasteiger partial charge in [0.15, 0.2) is 0 Å². The highest BCUT2D eigenvalue weighted by molar-refractivity contribution is 5.69. The van der Waals surface area contributed by atoms with Crippen LogP contribution >= 0.6 is 0 Å². The molecular weight excluding hydrogens is 276 g/mol. The number of hydrogen-bond acceptors (Lipinski definition) is 6. The Morgan fingerprint density at radius 3 is 1.52 bits per heavy atom. The van der Waals surface area contributed by atoms with E-state index < -0.39 is 29.3 Å². The molecule has 1 rings (SSSR count). The van der Waals surface area contributed by atoms with Crippen LogP contribution in [0.15, 0.2) is 0 Å². The van der Waals surface area contributed by atoms with E-state index in [1.165, 1.54) is 20.8 Å². The summed E-state index contributed by atoms with van der Waals surface area (Å²) >= 11 is 0. The van der Waals surface area contributed by atoms with Crippen molar-refractivity contribution in [1.29, 1.82) is 0 Å². The summed E-state index contributed by atoms with van der Waals surface area (Å²) in [5.74, 6) is -2.91. The minimum atomic E-state index is -1.40. The van der Waals surface area contributed by atoms with Gasteiger partial charge in [0.25, 0.3) is 5.79 Å².